The zero-order chi connectivity index (χ0) is 14.6. The first-order valence-corrected chi connectivity index (χ1v) is 6.51. The Kier molecular flexibility index (Phi) is 7.60. The predicted molar refractivity (Wildman–Crippen MR) is 71.8 cm³/mol. The molecule has 0 spiro atoms. The fourth-order valence-corrected chi connectivity index (χ4v) is 2.09. The Balaban J connectivity index is 0.00000361. The fraction of sp³-hybridized carbons (Fsp3) is 0.750. The van der Waals surface area contributed by atoms with E-state index in [9.17, 15) is 15.2 Å². The molecule has 0 radical (unpaired) electrons. The molecule has 1 heterocycles. The maximum absolute atomic E-state index is 10.9. The third-order valence-corrected chi connectivity index (χ3v) is 3.79. The van der Waals surface area contributed by atoms with Gasteiger partial charge in [-0.05, 0) is 18.8 Å². The van der Waals surface area contributed by atoms with E-state index >= 15 is 0 Å². The summed E-state index contributed by atoms with van der Waals surface area (Å²) in [7, 11) is 2.07. The Morgan fingerprint density at radius 2 is 2.05 bits per heavy atom. The molecular formula is C12H23IN4O3. The van der Waals surface area contributed by atoms with E-state index in [2.05, 4.69) is 25.9 Å². The molecule has 0 aliphatic rings. The third kappa shape index (κ3) is 4.67. The van der Waals surface area contributed by atoms with Crippen LogP contribution in [-0.4, -0.2) is 56.8 Å². The second-order valence-electron chi connectivity index (χ2n) is 5.12. The standard InChI is InChI=1S/C12H23N4O3.HI/c1-5-16(4,6-2)9-11(17)8-14-10(3)13-7-12(14)15(18)19;/h7,11,17H,5-6,8-9H2,1-4H3;1H/q+1;/p-1. The van der Waals surface area contributed by atoms with Gasteiger partial charge in [-0.1, -0.05) is 0 Å². The lowest BCUT2D eigenvalue weighted by Gasteiger charge is -2.33. The first-order chi connectivity index (χ1) is 8.83. The largest absolute Gasteiger partial charge is 1.00 e. The highest BCUT2D eigenvalue weighted by Gasteiger charge is 2.26. The van der Waals surface area contributed by atoms with E-state index in [1.54, 1.807) is 6.92 Å². The normalized spacial score (nSPS) is 12.8. The van der Waals surface area contributed by atoms with Gasteiger partial charge in [0.25, 0.3) is 0 Å². The van der Waals surface area contributed by atoms with Crippen molar-refractivity contribution in [1.82, 2.24) is 9.55 Å². The van der Waals surface area contributed by atoms with Crippen LogP contribution in [0.25, 0.3) is 0 Å². The number of aliphatic hydroxyl groups excluding tert-OH is 1. The van der Waals surface area contributed by atoms with Crippen LogP contribution < -0.4 is 24.0 Å². The number of halogens is 1. The number of aryl methyl sites for hydroxylation is 1. The van der Waals surface area contributed by atoms with Gasteiger partial charge >= 0.3 is 5.82 Å². The highest BCUT2D eigenvalue weighted by atomic mass is 127. The molecule has 0 fully saturated rings. The van der Waals surface area contributed by atoms with Crippen LogP contribution >= 0.6 is 0 Å². The van der Waals surface area contributed by atoms with E-state index in [4.69, 9.17) is 0 Å². The predicted octanol–water partition coefficient (Wildman–Crippen LogP) is -2.05. The lowest BCUT2D eigenvalue weighted by Crippen LogP contribution is -3.00. The summed E-state index contributed by atoms with van der Waals surface area (Å²) in [5.41, 5.74) is 0. The van der Waals surface area contributed by atoms with Crippen LogP contribution in [0, 0.1) is 17.0 Å². The van der Waals surface area contributed by atoms with Crippen molar-refractivity contribution in [2.75, 3.05) is 26.7 Å². The van der Waals surface area contributed by atoms with E-state index in [1.165, 1.54) is 10.8 Å². The molecule has 116 valence electrons. The van der Waals surface area contributed by atoms with Crippen molar-refractivity contribution >= 4 is 5.82 Å². The molecule has 1 N–H and O–H groups in total. The van der Waals surface area contributed by atoms with Crippen molar-refractivity contribution in [2.24, 2.45) is 0 Å². The third-order valence-electron chi connectivity index (χ3n) is 3.79. The van der Waals surface area contributed by atoms with Crippen molar-refractivity contribution in [2.45, 2.75) is 33.4 Å². The molecule has 0 aliphatic heterocycles. The molecule has 1 atom stereocenters. The molecule has 0 saturated heterocycles. The number of hydrogen-bond acceptors (Lipinski definition) is 4. The van der Waals surface area contributed by atoms with Crippen LogP contribution in [0.4, 0.5) is 5.82 Å². The number of likely N-dealkylation sites (N-methyl/N-ethyl adjacent to an activating group) is 1. The minimum Gasteiger partial charge on any atom is -1.00 e. The van der Waals surface area contributed by atoms with Gasteiger partial charge in [-0.3, -0.25) is 0 Å². The van der Waals surface area contributed by atoms with E-state index < -0.39 is 11.0 Å². The van der Waals surface area contributed by atoms with Crippen LogP contribution in [0.15, 0.2) is 6.20 Å². The topological polar surface area (TPSA) is 81.2 Å². The second-order valence-corrected chi connectivity index (χ2v) is 5.12. The molecule has 1 unspecified atom stereocenters. The number of quaternary nitrogens is 1. The Morgan fingerprint density at radius 1 is 1.50 bits per heavy atom. The number of nitrogens with zero attached hydrogens (tertiary/aromatic N) is 4. The zero-order valence-corrected chi connectivity index (χ0v) is 14.6. The Morgan fingerprint density at radius 3 is 2.50 bits per heavy atom. The highest BCUT2D eigenvalue weighted by molar-refractivity contribution is 5.18. The monoisotopic (exact) mass is 398 g/mol. The van der Waals surface area contributed by atoms with Crippen LogP contribution in [0.2, 0.25) is 0 Å². The lowest BCUT2D eigenvalue weighted by molar-refractivity contribution is -0.909. The van der Waals surface area contributed by atoms with Gasteiger partial charge in [-0.2, -0.15) is 0 Å². The quantitative estimate of drug-likeness (QED) is 0.248. The van der Waals surface area contributed by atoms with Crippen molar-refractivity contribution in [3.05, 3.63) is 22.1 Å². The number of nitro groups is 1. The first-order valence-electron chi connectivity index (χ1n) is 6.51. The summed E-state index contributed by atoms with van der Waals surface area (Å²) in [6.45, 7) is 8.45. The molecule has 0 aromatic carbocycles. The van der Waals surface area contributed by atoms with Crippen molar-refractivity contribution in [3.8, 4) is 0 Å². The summed E-state index contributed by atoms with van der Waals surface area (Å²) in [4.78, 5) is 14.3. The number of aliphatic hydroxyl groups is 1. The molecule has 0 saturated carbocycles. The molecule has 7 nitrogen and oxygen atoms in total. The van der Waals surface area contributed by atoms with Crippen molar-refractivity contribution < 1.29 is 38.5 Å². The Hall–Kier alpha value is -0.740. The minimum absolute atomic E-state index is 0. The van der Waals surface area contributed by atoms with Gasteiger partial charge < -0.3 is 43.7 Å². The average Bonchev–Trinajstić information content (AvgIpc) is 2.71. The summed E-state index contributed by atoms with van der Waals surface area (Å²) in [5, 5.41) is 21.0. The number of rotatable bonds is 7. The maximum atomic E-state index is 10.9. The van der Waals surface area contributed by atoms with Crippen molar-refractivity contribution in [1.29, 1.82) is 0 Å². The minimum atomic E-state index is -0.628. The molecule has 0 amide bonds. The van der Waals surface area contributed by atoms with Gasteiger partial charge in [-0.25, -0.2) is 9.55 Å². The van der Waals surface area contributed by atoms with Gasteiger partial charge in [0, 0.05) is 6.92 Å². The average molecular weight is 398 g/mol. The molecule has 20 heavy (non-hydrogen) atoms. The van der Waals surface area contributed by atoms with Crippen molar-refractivity contribution in [3.63, 3.8) is 0 Å². The van der Waals surface area contributed by atoms with Crippen LogP contribution in [0.5, 0.6) is 0 Å². The van der Waals surface area contributed by atoms with E-state index in [0.29, 0.717) is 12.4 Å². The lowest BCUT2D eigenvalue weighted by atomic mass is 10.2. The molecular weight excluding hydrogens is 375 g/mol. The zero-order valence-electron chi connectivity index (χ0n) is 12.4. The van der Waals surface area contributed by atoms with E-state index in [0.717, 1.165) is 17.6 Å². The Bertz CT molecular complexity index is 446. The summed E-state index contributed by atoms with van der Waals surface area (Å²) < 4.78 is 2.20. The number of aromatic nitrogens is 2. The van der Waals surface area contributed by atoms with Crippen LogP contribution in [0.3, 0.4) is 0 Å². The van der Waals surface area contributed by atoms with Crippen LogP contribution in [-0.2, 0) is 6.54 Å². The molecule has 0 aliphatic carbocycles. The maximum Gasteiger partial charge on any atom is 0.342 e. The number of hydrogen-bond donors (Lipinski definition) is 1. The summed E-state index contributed by atoms with van der Waals surface area (Å²) in [5.74, 6) is 0.478. The highest BCUT2D eigenvalue weighted by Crippen LogP contribution is 2.15. The van der Waals surface area contributed by atoms with Gasteiger partial charge in [-0.15, -0.1) is 0 Å². The molecule has 1 aromatic heterocycles. The number of imidazole rings is 1. The summed E-state index contributed by atoms with van der Waals surface area (Å²) >= 11 is 0. The Labute approximate surface area is 136 Å². The molecule has 1 aromatic rings. The summed E-state index contributed by atoms with van der Waals surface area (Å²) in [6.07, 6.45) is 0.604. The van der Waals surface area contributed by atoms with Gasteiger partial charge in [0.1, 0.15) is 25.4 Å². The summed E-state index contributed by atoms with van der Waals surface area (Å²) in [6, 6.07) is 0. The van der Waals surface area contributed by atoms with E-state index in [-0.39, 0.29) is 36.3 Å². The van der Waals surface area contributed by atoms with Gasteiger partial charge in [0.05, 0.1) is 20.1 Å². The van der Waals surface area contributed by atoms with Crippen LogP contribution in [0.1, 0.15) is 19.7 Å². The SMILES string of the molecule is CC[N+](C)(CC)CC(O)Cn1c([N+](=O)[O-])cnc1C.[I-]. The molecule has 8 heteroatoms. The first kappa shape index (κ1) is 19.3. The van der Waals surface area contributed by atoms with Gasteiger partial charge in [0.15, 0.2) is 5.82 Å². The smallest absolute Gasteiger partial charge is 0.342 e. The van der Waals surface area contributed by atoms with E-state index in [1.807, 2.05) is 0 Å². The second kappa shape index (κ2) is 7.89. The molecule has 1 rings (SSSR count). The van der Waals surface area contributed by atoms with Gasteiger partial charge in [0.2, 0.25) is 0 Å². The fourth-order valence-electron chi connectivity index (χ4n) is 2.09. The molecule has 0 bridgehead atoms.